The van der Waals surface area contributed by atoms with Gasteiger partial charge in [0.25, 0.3) is 5.56 Å². The van der Waals surface area contributed by atoms with Crippen molar-refractivity contribution in [3.63, 3.8) is 0 Å². The molecule has 0 radical (unpaired) electrons. The highest BCUT2D eigenvalue weighted by Gasteiger charge is 2.26. The van der Waals surface area contributed by atoms with E-state index in [1.54, 1.807) is 25.1 Å². The minimum Gasteiger partial charge on any atom is -0.496 e. The Morgan fingerprint density at radius 2 is 1.89 bits per heavy atom. The lowest BCUT2D eigenvalue weighted by atomic mass is 9.94. The van der Waals surface area contributed by atoms with Crippen LogP contribution in [0.2, 0.25) is 5.02 Å². The number of fused-ring (bicyclic) bond motifs is 3. The van der Waals surface area contributed by atoms with Gasteiger partial charge in [-0.2, -0.15) is 0 Å². The van der Waals surface area contributed by atoms with E-state index in [2.05, 4.69) is 4.98 Å². The molecule has 0 aliphatic rings. The molecule has 1 atom stereocenters. The number of halogens is 1. The number of carbonyl (C=O) groups excluding carboxylic acids is 1. The van der Waals surface area contributed by atoms with Gasteiger partial charge in [0.2, 0.25) is 0 Å². The molecular weight excluding hydrogens is 484 g/mol. The quantitative estimate of drug-likeness (QED) is 0.302. The third kappa shape index (κ3) is 4.75. The van der Waals surface area contributed by atoms with Crippen molar-refractivity contribution in [3.05, 3.63) is 62.7 Å². The number of amides is 1. The summed E-state index contributed by atoms with van der Waals surface area (Å²) in [6.07, 6.45) is 0.376. The third-order valence-electron chi connectivity index (χ3n) is 5.96. The molecule has 8 heteroatoms. The number of nitrogens with one attached hydrogen (secondary N) is 1. The number of thiophene rings is 1. The van der Waals surface area contributed by atoms with Crippen LogP contribution in [0.1, 0.15) is 45.7 Å². The Labute approximate surface area is 213 Å². The normalized spacial score (nSPS) is 12.7. The maximum absolute atomic E-state index is 12.7. The summed E-state index contributed by atoms with van der Waals surface area (Å²) in [5.74, 6) is 0.618. The number of hydrogen-bond acceptors (Lipinski definition) is 5. The largest absolute Gasteiger partial charge is 0.496 e. The van der Waals surface area contributed by atoms with Crippen molar-refractivity contribution >= 4 is 50.0 Å². The monoisotopic (exact) mass is 512 g/mol. The van der Waals surface area contributed by atoms with Gasteiger partial charge < -0.3 is 19.4 Å². The number of hydrogen-bond donors (Lipinski definition) is 1. The minimum atomic E-state index is -0.562. The average molecular weight is 513 g/mol. The van der Waals surface area contributed by atoms with E-state index in [-0.39, 0.29) is 17.7 Å². The Kier molecular flexibility index (Phi) is 6.84. The van der Waals surface area contributed by atoms with Gasteiger partial charge in [-0.05, 0) is 49.8 Å². The zero-order valence-electron chi connectivity index (χ0n) is 20.7. The van der Waals surface area contributed by atoms with Gasteiger partial charge in [0.1, 0.15) is 16.1 Å². The summed E-state index contributed by atoms with van der Waals surface area (Å²) in [6, 6.07) is 11.6. The standard InChI is InChI=1S/C27H29ClN2O4S/c1-7-19(30(5)26(32)34-27(2,3)4)15-8-10-16(11-9-15)21-20(33-6)14-18(28)23-22(21)17-12-13-35-24(17)25(31)29-23/h8-14,19H,7H2,1-6H3,(H,29,31)/t19-/m0/s1. The van der Waals surface area contributed by atoms with E-state index in [0.29, 0.717) is 21.0 Å². The Balaban J connectivity index is 1.82. The number of aromatic amines is 1. The number of benzene rings is 2. The van der Waals surface area contributed by atoms with E-state index in [0.717, 1.165) is 33.9 Å². The number of H-pyrrole nitrogens is 1. The summed E-state index contributed by atoms with van der Waals surface area (Å²) in [5.41, 5.74) is 2.63. The molecule has 4 aromatic rings. The molecular formula is C27H29ClN2O4S. The van der Waals surface area contributed by atoms with Gasteiger partial charge in [-0.1, -0.05) is 42.8 Å². The van der Waals surface area contributed by atoms with Crippen LogP contribution in [-0.4, -0.2) is 35.7 Å². The molecule has 184 valence electrons. The molecule has 35 heavy (non-hydrogen) atoms. The average Bonchev–Trinajstić information content (AvgIpc) is 3.30. The molecule has 6 nitrogen and oxygen atoms in total. The van der Waals surface area contributed by atoms with Crippen LogP contribution in [0, 0.1) is 0 Å². The van der Waals surface area contributed by atoms with Crippen LogP contribution in [0.25, 0.3) is 32.1 Å². The van der Waals surface area contributed by atoms with Gasteiger partial charge in [-0.15, -0.1) is 11.3 Å². The SMILES string of the molecule is CC[C@@H](c1ccc(-c2c(OC)cc(Cl)c3[nH]c(=O)c4sccc4c23)cc1)N(C)C(=O)OC(C)(C)C. The van der Waals surface area contributed by atoms with Gasteiger partial charge in [0, 0.05) is 29.4 Å². The van der Waals surface area contributed by atoms with E-state index >= 15 is 0 Å². The van der Waals surface area contributed by atoms with Gasteiger partial charge in [0.15, 0.2) is 0 Å². The maximum atomic E-state index is 12.7. The lowest BCUT2D eigenvalue weighted by Crippen LogP contribution is -2.36. The van der Waals surface area contributed by atoms with E-state index < -0.39 is 5.60 Å². The fraction of sp³-hybridized carbons (Fsp3) is 0.333. The molecule has 2 heterocycles. The molecule has 2 aromatic carbocycles. The Morgan fingerprint density at radius 3 is 2.49 bits per heavy atom. The second-order valence-electron chi connectivity index (χ2n) is 9.44. The van der Waals surface area contributed by atoms with E-state index in [1.807, 2.05) is 63.4 Å². The van der Waals surface area contributed by atoms with Crippen molar-refractivity contribution in [2.24, 2.45) is 0 Å². The molecule has 0 aliphatic heterocycles. The highest BCUT2D eigenvalue weighted by Crippen LogP contribution is 2.43. The number of carbonyl (C=O) groups is 1. The predicted octanol–water partition coefficient (Wildman–Crippen LogP) is 7.39. The molecule has 2 aromatic heterocycles. The minimum absolute atomic E-state index is 0.136. The summed E-state index contributed by atoms with van der Waals surface area (Å²) < 4.78 is 11.9. The van der Waals surface area contributed by atoms with Crippen LogP contribution in [0.3, 0.4) is 0 Å². The van der Waals surface area contributed by atoms with Crippen LogP contribution in [0.4, 0.5) is 4.79 Å². The molecule has 0 spiro atoms. The number of nitrogens with zero attached hydrogens (tertiary/aromatic N) is 1. The second kappa shape index (κ2) is 9.55. The molecule has 0 saturated carbocycles. The van der Waals surface area contributed by atoms with Crippen molar-refractivity contribution in [2.45, 2.75) is 45.8 Å². The summed E-state index contributed by atoms with van der Waals surface area (Å²) in [6.45, 7) is 7.61. The molecule has 0 aliphatic carbocycles. The lowest BCUT2D eigenvalue weighted by molar-refractivity contribution is 0.0215. The first-order valence-corrected chi connectivity index (χ1v) is 12.7. The van der Waals surface area contributed by atoms with Crippen molar-refractivity contribution in [1.82, 2.24) is 9.88 Å². The molecule has 4 rings (SSSR count). The molecule has 0 unspecified atom stereocenters. The van der Waals surface area contributed by atoms with Crippen LogP contribution in [-0.2, 0) is 4.74 Å². The highest BCUT2D eigenvalue weighted by atomic mass is 35.5. The number of aromatic nitrogens is 1. The fourth-order valence-corrected chi connectivity index (χ4v) is 5.42. The first-order chi connectivity index (χ1) is 16.6. The molecule has 0 saturated heterocycles. The summed E-state index contributed by atoms with van der Waals surface area (Å²) in [7, 11) is 3.37. The van der Waals surface area contributed by atoms with E-state index in [4.69, 9.17) is 21.1 Å². The summed E-state index contributed by atoms with van der Waals surface area (Å²) in [4.78, 5) is 29.8. The van der Waals surface area contributed by atoms with Crippen LogP contribution in [0.5, 0.6) is 5.75 Å². The van der Waals surface area contributed by atoms with Crippen molar-refractivity contribution in [3.8, 4) is 16.9 Å². The van der Waals surface area contributed by atoms with Crippen molar-refractivity contribution in [2.75, 3.05) is 14.2 Å². The second-order valence-corrected chi connectivity index (χ2v) is 10.8. The van der Waals surface area contributed by atoms with Crippen LogP contribution < -0.4 is 10.3 Å². The Bertz CT molecular complexity index is 1450. The van der Waals surface area contributed by atoms with Gasteiger partial charge >= 0.3 is 6.09 Å². The fourth-order valence-electron chi connectivity index (χ4n) is 4.38. The first-order valence-electron chi connectivity index (χ1n) is 11.4. The molecule has 1 N–H and O–H groups in total. The van der Waals surface area contributed by atoms with E-state index in [1.165, 1.54) is 11.3 Å². The highest BCUT2D eigenvalue weighted by molar-refractivity contribution is 7.17. The number of rotatable bonds is 5. The molecule has 1 amide bonds. The molecule has 0 fully saturated rings. The Hall–Kier alpha value is -3.03. The van der Waals surface area contributed by atoms with Gasteiger partial charge in [-0.3, -0.25) is 4.79 Å². The smallest absolute Gasteiger partial charge is 0.410 e. The lowest BCUT2D eigenvalue weighted by Gasteiger charge is -2.30. The third-order valence-corrected chi connectivity index (χ3v) is 7.17. The zero-order valence-corrected chi connectivity index (χ0v) is 22.3. The summed E-state index contributed by atoms with van der Waals surface area (Å²) in [5, 5.41) is 4.01. The van der Waals surface area contributed by atoms with Crippen LogP contribution in [0.15, 0.2) is 46.6 Å². The Morgan fingerprint density at radius 1 is 1.20 bits per heavy atom. The van der Waals surface area contributed by atoms with Gasteiger partial charge in [-0.25, -0.2) is 4.79 Å². The number of methoxy groups -OCH3 is 1. The summed E-state index contributed by atoms with van der Waals surface area (Å²) >= 11 is 7.93. The topological polar surface area (TPSA) is 71.6 Å². The van der Waals surface area contributed by atoms with Crippen molar-refractivity contribution in [1.29, 1.82) is 0 Å². The molecule has 0 bridgehead atoms. The number of pyridine rings is 1. The maximum Gasteiger partial charge on any atom is 0.410 e. The van der Waals surface area contributed by atoms with Crippen LogP contribution >= 0.6 is 22.9 Å². The first kappa shape index (κ1) is 25.1. The van der Waals surface area contributed by atoms with E-state index in [9.17, 15) is 9.59 Å². The number of ether oxygens (including phenoxy) is 2. The predicted molar refractivity (Wildman–Crippen MR) is 144 cm³/mol. The zero-order chi connectivity index (χ0) is 25.5. The van der Waals surface area contributed by atoms with Crippen molar-refractivity contribution < 1.29 is 14.3 Å². The van der Waals surface area contributed by atoms with Gasteiger partial charge in [0.05, 0.1) is 23.7 Å².